The maximum Gasteiger partial charge on any atom is 0.120 e. The summed E-state index contributed by atoms with van der Waals surface area (Å²) in [5.74, 6) is 1.70. The van der Waals surface area contributed by atoms with Crippen molar-refractivity contribution >= 4 is 15.9 Å². The molecular formula is C16H18BrNO2. The quantitative estimate of drug-likeness (QED) is 0.871. The molecule has 20 heavy (non-hydrogen) atoms. The third kappa shape index (κ3) is 3.99. The predicted octanol–water partition coefficient (Wildman–Crippen LogP) is 3.76. The zero-order valence-corrected chi connectivity index (χ0v) is 13.2. The Labute approximate surface area is 128 Å². The Kier molecular flexibility index (Phi) is 5.44. The van der Waals surface area contributed by atoms with E-state index in [0.717, 1.165) is 28.1 Å². The zero-order valence-electron chi connectivity index (χ0n) is 11.7. The summed E-state index contributed by atoms with van der Waals surface area (Å²) in [6, 6.07) is 13.9. The van der Waals surface area contributed by atoms with E-state index in [1.807, 2.05) is 43.4 Å². The van der Waals surface area contributed by atoms with Crippen LogP contribution in [-0.2, 0) is 13.2 Å². The van der Waals surface area contributed by atoms with Gasteiger partial charge in [0.2, 0.25) is 0 Å². The van der Waals surface area contributed by atoms with Gasteiger partial charge in [0.05, 0.1) is 7.11 Å². The van der Waals surface area contributed by atoms with Gasteiger partial charge in [0, 0.05) is 16.6 Å². The maximum absolute atomic E-state index is 5.85. The van der Waals surface area contributed by atoms with Crippen LogP contribution in [0, 0.1) is 0 Å². The molecule has 0 saturated heterocycles. The van der Waals surface area contributed by atoms with Crippen molar-refractivity contribution in [2.24, 2.45) is 0 Å². The molecule has 3 nitrogen and oxygen atoms in total. The molecule has 4 heteroatoms. The molecule has 0 amide bonds. The van der Waals surface area contributed by atoms with Crippen LogP contribution < -0.4 is 14.8 Å². The summed E-state index contributed by atoms with van der Waals surface area (Å²) < 4.78 is 12.1. The predicted molar refractivity (Wildman–Crippen MR) is 84.2 cm³/mol. The second-order valence-electron chi connectivity index (χ2n) is 4.42. The Morgan fingerprint density at radius 2 is 1.95 bits per heavy atom. The molecular weight excluding hydrogens is 318 g/mol. The third-order valence-electron chi connectivity index (χ3n) is 2.93. The van der Waals surface area contributed by atoms with Crippen molar-refractivity contribution in [2.45, 2.75) is 13.2 Å². The van der Waals surface area contributed by atoms with E-state index in [4.69, 9.17) is 9.47 Å². The zero-order chi connectivity index (χ0) is 14.4. The molecule has 0 aliphatic heterocycles. The molecule has 0 aromatic heterocycles. The van der Waals surface area contributed by atoms with Crippen LogP contribution in [0.15, 0.2) is 46.9 Å². The molecule has 0 saturated carbocycles. The number of rotatable bonds is 6. The lowest BCUT2D eigenvalue weighted by Gasteiger charge is -2.10. The van der Waals surface area contributed by atoms with E-state index in [2.05, 4.69) is 27.3 Å². The normalized spacial score (nSPS) is 10.3. The summed E-state index contributed by atoms with van der Waals surface area (Å²) in [7, 11) is 3.59. The number of hydrogen-bond acceptors (Lipinski definition) is 3. The van der Waals surface area contributed by atoms with Crippen molar-refractivity contribution in [3.05, 3.63) is 58.1 Å². The minimum absolute atomic E-state index is 0.501. The van der Waals surface area contributed by atoms with E-state index in [0.29, 0.717) is 6.61 Å². The highest BCUT2D eigenvalue weighted by molar-refractivity contribution is 9.10. The topological polar surface area (TPSA) is 30.5 Å². The fourth-order valence-electron chi connectivity index (χ4n) is 1.90. The molecule has 0 fully saturated rings. The largest absolute Gasteiger partial charge is 0.497 e. The minimum Gasteiger partial charge on any atom is -0.497 e. The standard InChI is InChI=1S/C16H18BrNO2/c1-18-10-12-4-3-5-15(8-12)20-11-13-9-14(19-2)6-7-16(13)17/h3-9,18H,10-11H2,1-2H3. The first-order valence-corrected chi connectivity index (χ1v) is 7.21. The van der Waals surface area contributed by atoms with E-state index in [1.165, 1.54) is 5.56 Å². The van der Waals surface area contributed by atoms with Crippen LogP contribution in [-0.4, -0.2) is 14.2 Å². The summed E-state index contributed by atoms with van der Waals surface area (Å²) in [4.78, 5) is 0. The molecule has 106 valence electrons. The Hall–Kier alpha value is -1.52. The third-order valence-corrected chi connectivity index (χ3v) is 3.70. The minimum atomic E-state index is 0.501. The van der Waals surface area contributed by atoms with E-state index in [-0.39, 0.29) is 0 Å². The van der Waals surface area contributed by atoms with Crippen molar-refractivity contribution in [1.82, 2.24) is 5.32 Å². The highest BCUT2D eigenvalue weighted by atomic mass is 79.9. The van der Waals surface area contributed by atoms with Gasteiger partial charge in [0.15, 0.2) is 0 Å². The number of nitrogens with one attached hydrogen (secondary N) is 1. The summed E-state index contributed by atoms with van der Waals surface area (Å²) in [6.07, 6.45) is 0. The summed E-state index contributed by atoms with van der Waals surface area (Å²) in [6.45, 7) is 1.33. The average molecular weight is 336 g/mol. The van der Waals surface area contributed by atoms with E-state index in [1.54, 1.807) is 7.11 Å². The van der Waals surface area contributed by atoms with E-state index < -0.39 is 0 Å². The molecule has 0 atom stereocenters. The van der Waals surface area contributed by atoms with Crippen LogP contribution in [0.2, 0.25) is 0 Å². The van der Waals surface area contributed by atoms with E-state index >= 15 is 0 Å². The number of ether oxygens (including phenoxy) is 2. The lowest BCUT2D eigenvalue weighted by Crippen LogP contribution is -2.05. The molecule has 2 aromatic carbocycles. The smallest absolute Gasteiger partial charge is 0.120 e. The van der Waals surface area contributed by atoms with Gasteiger partial charge in [-0.3, -0.25) is 0 Å². The second kappa shape index (κ2) is 7.31. The number of benzene rings is 2. The van der Waals surface area contributed by atoms with Crippen LogP contribution in [0.5, 0.6) is 11.5 Å². The van der Waals surface area contributed by atoms with Crippen molar-refractivity contribution in [2.75, 3.05) is 14.2 Å². The molecule has 0 aliphatic carbocycles. The fourth-order valence-corrected chi connectivity index (χ4v) is 2.26. The van der Waals surface area contributed by atoms with Gasteiger partial charge < -0.3 is 14.8 Å². The van der Waals surface area contributed by atoms with Crippen molar-refractivity contribution in [1.29, 1.82) is 0 Å². The van der Waals surface area contributed by atoms with Gasteiger partial charge in [-0.2, -0.15) is 0 Å². The summed E-state index contributed by atoms with van der Waals surface area (Å²) >= 11 is 3.53. The van der Waals surface area contributed by atoms with Crippen LogP contribution in [0.3, 0.4) is 0 Å². The van der Waals surface area contributed by atoms with Crippen molar-refractivity contribution in [3.8, 4) is 11.5 Å². The number of methoxy groups -OCH3 is 1. The first-order chi connectivity index (χ1) is 9.72. The number of halogens is 1. The lowest BCUT2D eigenvalue weighted by molar-refractivity contribution is 0.304. The summed E-state index contributed by atoms with van der Waals surface area (Å²) in [5.41, 5.74) is 2.26. The molecule has 0 bridgehead atoms. The lowest BCUT2D eigenvalue weighted by atomic mass is 10.2. The molecule has 0 unspecified atom stereocenters. The second-order valence-corrected chi connectivity index (χ2v) is 5.28. The maximum atomic E-state index is 5.85. The molecule has 0 aliphatic rings. The van der Waals surface area contributed by atoms with Crippen molar-refractivity contribution < 1.29 is 9.47 Å². The van der Waals surface area contributed by atoms with E-state index in [9.17, 15) is 0 Å². The fraction of sp³-hybridized carbons (Fsp3) is 0.250. The molecule has 1 N–H and O–H groups in total. The van der Waals surface area contributed by atoms with Crippen LogP contribution in [0.4, 0.5) is 0 Å². The first-order valence-electron chi connectivity index (χ1n) is 6.41. The monoisotopic (exact) mass is 335 g/mol. The first kappa shape index (κ1) is 14.9. The van der Waals surface area contributed by atoms with Gasteiger partial charge >= 0.3 is 0 Å². The molecule has 0 heterocycles. The van der Waals surface area contributed by atoms with Gasteiger partial charge in [0.25, 0.3) is 0 Å². The molecule has 2 aromatic rings. The Morgan fingerprint density at radius 3 is 2.70 bits per heavy atom. The molecule has 0 spiro atoms. The summed E-state index contributed by atoms with van der Waals surface area (Å²) in [5, 5.41) is 3.13. The Bertz CT molecular complexity index is 572. The Morgan fingerprint density at radius 1 is 1.10 bits per heavy atom. The van der Waals surface area contributed by atoms with Gasteiger partial charge in [-0.25, -0.2) is 0 Å². The SMILES string of the molecule is CNCc1cccc(OCc2cc(OC)ccc2Br)c1. The average Bonchev–Trinajstić information content (AvgIpc) is 2.47. The van der Waals surface area contributed by atoms with Crippen molar-refractivity contribution in [3.63, 3.8) is 0 Å². The van der Waals surface area contributed by atoms with Crippen LogP contribution in [0.1, 0.15) is 11.1 Å². The van der Waals surface area contributed by atoms with Gasteiger partial charge in [-0.15, -0.1) is 0 Å². The number of hydrogen-bond donors (Lipinski definition) is 1. The van der Waals surface area contributed by atoms with Gasteiger partial charge in [0.1, 0.15) is 18.1 Å². The van der Waals surface area contributed by atoms with Gasteiger partial charge in [-0.05, 0) is 42.9 Å². The highest BCUT2D eigenvalue weighted by Crippen LogP contribution is 2.24. The highest BCUT2D eigenvalue weighted by Gasteiger charge is 2.04. The van der Waals surface area contributed by atoms with Gasteiger partial charge in [-0.1, -0.05) is 28.1 Å². The Balaban J connectivity index is 2.06. The van der Waals surface area contributed by atoms with Crippen LogP contribution >= 0.6 is 15.9 Å². The molecule has 2 rings (SSSR count). The molecule has 0 radical (unpaired) electrons. The van der Waals surface area contributed by atoms with Crippen LogP contribution in [0.25, 0.3) is 0 Å².